The van der Waals surface area contributed by atoms with Gasteiger partial charge < -0.3 is 10.4 Å². The van der Waals surface area contributed by atoms with Crippen LogP contribution in [-0.2, 0) is 4.79 Å². The van der Waals surface area contributed by atoms with E-state index < -0.39 is 11.5 Å². The van der Waals surface area contributed by atoms with Crippen LogP contribution in [0.25, 0.3) is 0 Å². The molecule has 0 aromatic carbocycles. The van der Waals surface area contributed by atoms with Crippen molar-refractivity contribution in [3.8, 4) is 0 Å². The highest BCUT2D eigenvalue weighted by atomic mass is 35.5. The molecular formula is C12H12Cl2N2O3. The largest absolute Gasteiger partial charge is 0.481 e. The minimum atomic E-state index is -0.924. The van der Waals surface area contributed by atoms with E-state index in [0.29, 0.717) is 12.8 Å². The van der Waals surface area contributed by atoms with Gasteiger partial charge >= 0.3 is 5.97 Å². The molecule has 1 aromatic heterocycles. The molecular weight excluding hydrogens is 291 g/mol. The number of carbonyl (C=O) groups excluding carboxylic acids is 1. The monoisotopic (exact) mass is 302 g/mol. The van der Waals surface area contributed by atoms with Gasteiger partial charge in [0.15, 0.2) is 0 Å². The van der Waals surface area contributed by atoms with Crippen LogP contribution in [0.4, 0.5) is 0 Å². The Morgan fingerprint density at radius 1 is 1.42 bits per heavy atom. The van der Waals surface area contributed by atoms with E-state index >= 15 is 0 Å². The molecule has 0 saturated heterocycles. The third kappa shape index (κ3) is 3.16. The second-order valence-electron chi connectivity index (χ2n) is 4.66. The van der Waals surface area contributed by atoms with Gasteiger partial charge in [-0.25, -0.2) is 4.98 Å². The summed E-state index contributed by atoms with van der Waals surface area (Å²) in [6.07, 6.45) is 3.48. The molecule has 1 aliphatic rings. The molecule has 0 spiro atoms. The highest BCUT2D eigenvalue weighted by Gasteiger charge is 2.40. The summed E-state index contributed by atoms with van der Waals surface area (Å²) in [5.41, 5.74) is -0.374. The highest BCUT2D eigenvalue weighted by molar-refractivity contribution is 6.41. The number of hydrogen-bond donors (Lipinski definition) is 2. The first-order chi connectivity index (χ1) is 8.92. The fraction of sp³-hybridized carbons (Fsp3) is 0.417. The standard InChI is InChI=1S/C12H12Cl2N2O3/c13-8-4-7(6-15-10(8)14)11(19)16-12(2-1-3-12)5-9(17)18/h4,6H,1-3,5H2,(H,16,19)(H,17,18). The Balaban J connectivity index is 2.11. The number of hydrogen-bond acceptors (Lipinski definition) is 3. The average molecular weight is 303 g/mol. The lowest BCUT2D eigenvalue weighted by molar-refractivity contribution is -0.139. The van der Waals surface area contributed by atoms with Crippen LogP contribution in [0.3, 0.4) is 0 Å². The average Bonchev–Trinajstić information content (AvgIpc) is 2.29. The molecule has 0 bridgehead atoms. The van der Waals surface area contributed by atoms with Gasteiger partial charge in [-0.1, -0.05) is 23.2 Å². The van der Waals surface area contributed by atoms with Crippen molar-refractivity contribution >= 4 is 35.1 Å². The van der Waals surface area contributed by atoms with Crippen molar-refractivity contribution in [2.75, 3.05) is 0 Å². The van der Waals surface area contributed by atoms with Gasteiger partial charge in [-0.05, 0) is 25.3 Å². The molecule has 102 valence electrons. The Hall–Kier alpha value is -1.33. The van der Waals surface area contributed by atoms with Gasteiger partial charge in [0, 0.05) is 6.20 Å². The van der Waals surface area contributed by atoms with Crippen LogP contribution in [-0.4, -0.2) is 27.5 Å². The maximum atomic E-state index is 12.1. The van der Waals surface area contributed by atoms with Crippen LogP contribution in [0.5, 0.6) is 0 Å². The van der Waals surface area contributed by atoms with Crippen molar-refractivity contribution in [2.24, 2.45) is 0 Å². The van der Waals surface area contributed by atoms with E-state index in [2.05, 4.69) is 10.3 Å². The molecule has 5 nitrogen and oxygen atoms in total. The Labute approximate surface area is 119 Å². The summed E-state index contributed by atoms with van der Waals surface area (Å²) in [5, 5.41) is 12.0. The molecule has 1 aliphatic carbocycles. The van der Waals surface area contributed by atoms with E-state index in [1.165, 1.54) is 12.3 Å². The van der Waals surface area contributed by atoms with Gasteiger partial charge in [0.1, 0.15) is 5.15 Å². The molecule has 2 N–H and O–H groups in total. The molecule has 1 saturated carbocycles. The Morgan fingerprint density at radius 3 is 2.58 bits per heavy atom. The van der Waals surface area contributed by atoms with E-state index in [9.17, 15) is 9.59 Å². The number of nitrogens with one attached hydrogen (secondary N) is 1. The van der Waals surface area contributed by atoms with Crippen LogP contribution in [0, 0.1) is 0 Å². The lowest BCUT2D eigenvalue weighted by atomic mass is 9.74. The molecule has 0 atom stereocenters. The molecule has 1 aromatic rings. The van der Waals surface area contributed by atoms with E-state index in [0.717, 1.165) is 6.42 Å². The van der Waals surface area contributed by atoms with Crippen LogP contribution in [0.15, 0.2) is 12.3 Å². The zero-order valence-corrected chi connectivity index (χ0v) is 11.5. The Bertz CT molecular complexity index is 530. The zero-order chi connectivity index (χ0) is 14.0. The first kappa shape index (κ1) is 14.1. The molecule has 1 heterocycles. The van der Waals surface area contributed by atoms with E-state index in [1.54, 1.807) is 0 Å². The van der Waals surface area contributed by atoms with Gasteiger partial charge in [-0.3, -0.25) is 9.59 Å². The van der Waals surface area contributed by atoms with Crippen molar-refractivity contribution in [1.29, 1.82) is 0 Å². The molecule has 0 radical (unpaired) electrons. The lowest BCUT2D eigenvalue weighted by Crippen LogP contribution is -2.54. The number of carbonyl (C=O) groups is 2. The minimum absolute atomic E-state index is 0.0759. The fourth-order valence-corrected chi connectivity index (χ4v) is 2.37. The number of carboxylic acid groups (broad SMARTS) is 1. The summed E-state index contributed by atoms with van der Waals surface area (Å²) in [4.78, 5) is 26.7. The fourth-order valence-electron chi connectivity index (χ4n) is 2.10. The second kappa shape index (κ2) is 5.35. The molecule has 1 amide bonds. The summed E-state index contributed by atoms with van der Waals surface area (Å²) in [6, 6.07) is 1.42. The number of rotatable bonds is 4. The van der Waals surface area contributed by atoms with Gasteiger partial charge in [0.2, 0.25) is 0 Å². The van der Waals surface area contributed by atoms with E-state index in [1.807, 2.05) is 0 Å². The number of amides is 1. The maximum absolute atomic E-state index is 12.1. The number of halogens is 2. The summed E-state index contributed by atoms with van der Waals surface area (Å²) < 4.78 is 0. The third-order valence-corrected chi connectivity index (χ3v) is 3.92. The molecule has 0 aliphatic heterocycles. The molecule has 19 heavy (non-hydrogen) atoms. The van der Waals surface area contributed by atoms with Crippen LogP contribution < -0.4 is 5.32 Å². The molecule has 1 fully saturated rings. The first-order valence-electron chi connectivity index (χ1n) is 5.77. The maximum Gasteiger partial charge on any atom is 0.305 e. The van der Waals surface area contributed by atoms with Gasteiger partial charge in [0.25, 0.3) is 5.91 Å². The van der Waals surface area contributed by atoms with Gasteiger partial charge in [-0.15, -0.1) is 0 Å². The third-order valence-electron chi connectivity index (χ3n) is 3.24. The smallest absolute Gasteiger partial charge is 0.305 e. The minimum Gasteiger partial charge on any atom is -0.481 e. The summed E-state index contributed by atoms with van der Waals surface area (Å²) >= 11 is 11.5. The van der Waals surface area contributed by atoms with Crippen LogP contribution >= 0.6 is 23.2 Å². The zero-order valence-electron chi connectivity index (χ0n) is 9.95. The van der Waals surface area contributed by atoms with Crippen LogP contribution in [0.1, 0.15) is 36.0 Å². The SMILES string of the molecule is O=C(O)CC1(NC(=O)c2cnc(Cl)c(Cl)c2)CCC1. The number of aromatic nitrogens is 1. The normalized spacial score (nSPS) is 16.5. The van der Waals surface area contributed by atoms with Gasteiger partial charge in [0.05, 0.1) is 22.5 Å². The Morgan fingerprint density at radius 2 is 2.11 bits per heavy atom. The summed E-state index contributed by atoms with van der Waals surface area (Å²) in [7, 11) is 0. The number of nitrogens with zero attached hydrogens (tertiary/aromatic N) is 1. The van der Waals surface area contributed by atoms with Crippen molar-refractivity contribution in [3.63, 3.8) is 0 Å². The predicted molar refractivity (Wildman–Crippen MR) is 70.6 cm³/mol. The van der Waals surface area contributed by atoms with Gasteiger partial charge in [-0.2, -0.15) is 0 Å². The van der Waals surface area contributed by atoms with Crippen molar-refractivity contribution < 1.29 is 14.7 Å². The highest BCUT2D eigenvalue weighted by Crippen LogP contribution is 2.35. The van der Waals surface area contributed by atoms with Crippen molar-refractivity contribution in [1.82, 2.24) is 10.3 Å². The van der Waals surface area contributed by atoms with Crippen molar-refractivity contribution in [3.05, 3.63) is 28.0 Å². The number of aliphatic carboxylic acids is 1. The lowest BCUT2D eigenvalue weighted by Gasteiger charge is -2.41. The second-order valence-corrected chi connectivity index (χ2v) is 5.42. The summed E-state index contributed by atoms with van der Waals surface area (Å²) in [5.74, 6) is -1.31. The predicted octanol–water partition coefficient (Wildman–Crippen LogP) is 2.52. The first-order valence-corrected chi connectivity index (χ1v) is 6.53. The quantitative estimate of drug-likeness (QED) is 0.838. The van der Waals surface area contributed by atoms with E-state index in [-0.39, 0.29) is 28.1 Å². The summed E-state index contributed by atoms with van der Waals surface area (Å²) in [6.45, 7) is 0. The molecule has 2 rings (SSSR count). The van der Waals surface area contributed by atoms with Crippen molar-refractivity contribution in [2.45, 2.75) is 31.2 Å². The number of pyridine rings is 1. The molecule has 7 heteroatoms. The van der Waals surface area contributed by atoms with Crippen LogP contribution in [0.2, 0.25) is 10.2 Å². The Kier molecular flexibility index (Phi) is 3.96. The van der Waals surface area contributed by atoms with E-state index in [4.69, 9.17) is 28.3 Å². The number of carboxylic acids is 1. The topological polar surface area (TPSA) is 79.3 Å². The molecule has 0 unspecified atom stereocenters.